The quantitative estimate of drug-likeness (QED) is 0.515. The van der Waals surface area contributed by atoms with Gasteiger partial charge in [0.05, 0.1) is 11.3 Å². The third-order valence-electron chi connectivity index (χ3n) is 2.90. The molecule has 2 aromatic carbocycles. The minimum atomic E-state index is -0.641. The van der Waals surface area contributed by atoms with E-state index in [0.29, 0.717) is 16.3 Å². The summed E-state index contributed by atoms with van der Waals surface area (Å²) in [4.78, 5) is 12.0. The number of hydrogen-bond donors (Lipinski definition) is 4. The number of phenolic OH excluding ortho intramolecular Hbond substituents is 3. The second kappa shape index (κ2) is 6.36. The lowest BCUT2D eigenvalue weighted by Crippen LogP contribution is -2.19. The Morgan fingerprint density at radius 3 is 2.45 bits per heavy atom. The van der Waals surface area contributed by atoms with Crippen LogP contribution in [0.4, 0.5) is 0 Å². The highest BCUT2D eigenvalue weighted by Gasteiger charge is 2.12. The predicted molar refractivity (Wildman–Crippen MR) is 82.6 cm³/mol. The van der Waals surface area contributed by atoms with Crippen molar-refractivity contribution in [3.05, 3.63) is 52.5 Å². The van der Waals surface area contributed by atoms with Gasteiger partial charge in [0.1, 0.15) is 17.2 Å². The molecular formula is C15H13ClN2O4. The smallest absolute Gasteiger partial charge is 0.275 e. The summed E-state index contributed by atoms with van der Waals surface area (Å²) in [5.74, 6) is -1.11. The monoisotopic (exact) mass is 320 g/mol. The van der Waals surface area contributed by atoms with Gasteiger partial charge in [-0.2, -0.15) is 5.10 Å². The first-order valence-corrected chi connectivity index (χ1v) is 6.62. The highest BCUT2D eigenvalue weighted by atomic mass is 35.5. The molecule has 0 unspecified atom stereocenters. The molecule has 0 atom stereocenters. The van der Waals surface area contributed by atoms with E-state index in [9.17, 15) is 20.1 Å². The van der Waals surface area contributed by atoms with Crippen LogP contribution in [-0.4, -0.2) is 26.9 Å². The van der Waals surface area contributed by atoms with E-state index in [1.807, 2.05) is 0 Å². The fraction of sp³-hybridized carbons (Fsp3) is 0.0667. The molecule has 2 aromatic rings. The molecular weight excluding hydrogens is 308 g/mol. The largest absolute Gasteiger partial charge is 0.508 e. The lowest BCUT2D eigenvalue weighted by atomic mass is 10.1. The van der Waals surface area contributed by atoms with Gasteiger partial charge in [-0.1, -0.05) is 11.6 Å². The molecule has 2 rings (SSSR count). The van der Waals surface area contributed by atoms with Gasteiger partial charge in [-0.3, -0.25) is 4.79 Å². The lowest BCUT2D eigenvalue weighted by Gasteiger charge is -2.06. The molecule has 0 aromatic heterocycles. The maximum absolute atomic E-state index is 12.0. The molecule has 0 aliphatic carbocycles. The van der Waals surface area contributed by atoms with E-state index in [1.165, 1.54) is 36.4 Å². The number of aromatic hydroxyl groups is 3. The minimum absolute atomic E-state index is 0.0148. The zero-order valence-electron chi connectivity index (χ0n) is 11.5. The lowest BCUT2D eigenvalue weighted by molar-refractivity contribution is 0.0952. The summed E-state index contributed by atoms with van der Waals surface area (Å²) >= 11 is 5.77. The Hall–Kier alpha value is -2.73. The Morgan fingerprint density at radius 2 is 1.77 bits per heavy atom. The van der Waals surface area contributed by atoms with E-state index < -0.39 is 5.91 Å². The topological polar surface area (TPSA) is 102 Å². The van der Waals surface area contributed by atoms with E-state index in [-0.39, 0.29) is 22.8 Å². The molecule has 7 heteroatoms. The molecule has 0 fully saturated rings. The number of nitrogens with zero attached hydrogens (tertiary/aromatic N) is 1. The van der Waals surface area contributed by atoms with Gasteiger partial charge in [-0.05, 0) is 37.3 Å². The summed E-state index contributed by atoms with van der Waals surface area (Å²) in [7, 11) is 0. The van der Waals surface area contributed by atoms with Gasteiger partial charge in [-0.25, -0.2) is 5.43 Å². The van der Waals surface area contributed by atoms with Crippen molar-refractivity contribution < 1.29 is 20.1 Å². The number of nitrogens with one attached hydrogen (secondary N) is 1. The van der Waals surface area contributed by atoms with Crippen LogP contribution in [0.3, 0.4) is 0 Å². The van der Waals surface area contributed by atoms with Crippen LogP contribution in [0.1, 0.15) is 22.8 Å². The molecule has 114 valence electrons. The van der Waals surface area contributed by atoms with Crippen molar-refractivity contribution >= 4 is 23.2 Å². The van der Waals surface area contributed by atoms with E-state index in [2.05, 4.69) is 10.5 Å². The average Bonchev–Trinajstić information content (AvgIpc) is 2.47. The van der Waals surface area contributed by atoms with Crippen LogP contribution in [-0.2, 0) is 0 Å². The van der Waals surface area contributed by atoms with Crippen LogP contribution in [0, 0.1) is 0 Å². The summed E-state index contributed by atoms with van der Waals surface area (Å²) in [6, 6.07) is 8.09. The van der Waals surface area contributed by atoms with Crippen molar-refractivity contribution in [2.45, 2.75) is 6.92 Å². The fourth-order valence-electron chi connectivity index (χ4n) is 1.77. The van der Waals surface area contributed by atoms with Gasteiger partial charge in [0.2, 0.25) is 0 Å². The van der Waals surface area contributed by atoms with Crippen molar-refractivity contribution in [1.82, 2.24) is 5.43 Å². The molecule has 1 amide bonds. The van der Waals surface area contributed by atoms with E-state index >= 15 is 0 Å². The minimum Gasteiger partial charge on any atom is -0.508 e. The van der Waals surface area contributed by atoms with Crippen LogP contribution in [0.5, 0.6) is 17.2 Å². The van der Waals surface area contributed by atoms with Crippen molar-refractivity contribution in [1.29, 1.82) is 0 Å². The number of phenols is 3. The maximum atomic E-state index is 12.0. The van der Waals surface area contributed by atoms with Crippen molar-refractivity contribution in [3.63, 3.8) is 0 Å². The first-order valence-electron chi connectivity index (χ1n) is 6.24. The highest BCUT2D eigenvalue weighted by molar-refractivity contribution is 6.31. The second-order valence-electron chi connectivity index (χ2n) is 4.50. The summed E-state index contributed by atoms with van der Waals surface area (Å²) in [6.07, 6.45) is 0. The molecule has 0 aliphatic rings. The van der Waals surface area contributed by atoms with Crippen LogP contribution in [0.25, 0.3) is 0 Å². The maximum Gasteiger partial charge on any atom is 0.275 e. The van der Waals surface area contributed by atoms with Crippen LogP contribution >= 0.6 is 11.6 Å². The van der Waals surface area contributed by atoms with Crippen molar-refractivity contribution in [3.8, 4) is 17.2 Å². The molecule has 0 bridgehead atoms. The number of hydrazone groups is 1. The van der Waals surface area contributed by atoms with Gasteiger partial charge in [0, 0.05) is 16.7 Å². The number of halogens is 1. The molecule has 22 heavy (non-hydrogen) atoms. The number of hydrogen-bond acceptors (Lipinski definition) is 5. The SMILES string of the molecule is C/C(=N\NC(=O)c1cc(Cl)ccc1O)c1ccc(O)cc1O. The Morgan fingerprint density at radius 1 is 1.05 bits per heavy atom. The molecule has 0 heterocycles. The standard InChI is InChI=1S/C15H13ClN2O4/c1-8(11-4-3-10(19)7-14(11)21)17-18-15(22)12-6-9(16)2-5-13(12)20/h2-7,19-21H,1H3,(H,18,22)/b17-8+. The average molecular weight is 321 g/mol. The first kappa shape index (κ1) is 15.7. The fourth-order valence-corrected chi connectivity index (χ4v) is 1.94. The predicted octanol–water partition coefficient (Wildman–Crippen LogP) is 2.61. The normalized spacial score (nSPS) is 11.3. The molecule has 0 radical (unpaired) electrons. The zero-order valence-corrected chi connectivity index (χ0v) is 12.3. The van der Waals surface area contributed by atoms with Crippen LogP contribution in [0.15, 0.2) is 41.5 Å². The molecule has 6 nitrogen and oxygen atoms in total. The van der Waals surface area contributed by atoms with Gasteiger partial charge >= 0.3 is 0 Å². The second-order valence-corrected chi connectivity index (χ2v) is 4.94. The Labute approximate surface area is 131 Å². The molecule has 0 saturated heterocycles. The Balaban J connectivity index is 2.20. The molecule has 4 N–H and O–H groups in total. The number of benzene rings is 2. The number of amides is 1. The third-order valence-corrected chi connectivity index (χ3v) is 3.13. The van der Waals surface area contributed by atoms with E-state index in [1.54, 1.807) is 6.92 Å². The molecule has 0 spiro atoms. The van der Waals surface area contributed by atoms with Crippen molar-refractivity contribution in [2.75, 3.05) is 0 Å². The summed E-state index contributed by atoms with van der Waals surface area (Å²) in [6.45, 7) is 1.57. The Kier molecular flexibility index (Phi) is 4.53. The summed E-state index contributed by atoms with van der Waals surface area (Å²) in [5.41, 5.74) is 2.93. The van der Waals surface area contributed by atoms with Gasteiger partial charge in [-0.15, -0.1) is 0 Å². The van der Waals surface area contributed by atoms with Gasteiger partial charge in [0.15, 0.2) is 0 Å². The van der Waals surface area contributed by atoms with Gasteiger partial charge < -0.3 is 15.3 Å². The first-order chi connectivity index (χ1) is 10.4. The number of carbonyl (C=O) groups is 1. The summed E-state index contributed by atoms with van der Waals surface area (Å²) in [5, 5.41) is 32.7. The van der Waals surface area contributed by atoms with E-state index in [0.717, 1.165) is 0 Å². The van der Waals surface area contributed by atoms with Crippen LogP contribution < -0.4 is 5.43 Å². The number of rotatable bonds is 3. The van der Waals surface area contributed by atoms with Crippen LogP contribution in [0.2, 0.25) is 5.02 Å². The molecule has 0 saturated carbocycles. The van der Waals surface area contributed by atoms with Gasteiger partial charge in [0.25, 0.3) is 5.91 Å². The third kappa shape index (κ3) is 3.48. The molecule has 0 aliphatic heterocycles. The van der Waals surface area contributed by atoms with Crippen molar-refractivity contribution in [2.24, 2.45) is 5.10 Å². The zero-order chi connectivity index (χ0) is 16.3. The number of carbonyl (C=O) groups excluding carboxylic acids is 1. The van der Waals surface area contributed by atoms with E-state index in [4.69, 9.17) is 11.6 Å². The summed E-state index contributed by atoms with van der Waals surface area (Å²) < 4.78 is 0. The Bertz CT molecular complexity index is 759. The highest BCUT2D eigenvalue weighted by Crippen LogP contribution is 2.23.